The average molecular weight is 422 g/mol. The lowest BCUT2D eigenvalue weighted by Crippen LogP contribution is -2.27. The van der Waals surface area contributed by atoms with Gasteiger partial charge in [-0.1, -0.05) is 0 Å². The molecule has 4 rings (SSSR count). The lowest BCUT2D eigenvalue weighted by Gasteiger charge is -2.22. The second-order valence-electron chi connectivity index (χ2n) is 7.45. The van der Waals surface area contributed by atoms with Crippen molar-refractivity contribution in [3.8, 4) is 28.6 Å². The van der Waals surface area contributed by atoms with Crippen LogP contribution in [0.2, 0.25) is 0 Å². The molecule has 7 heteroatoms. The molecule has 2 aromatic carbocycles. The summed E-state index contributed by atoms with van der Waals surface area (Å²) < 4.78 is 21.8. The van der Waals surface area contributed by atoms with Crippen molar-refractivity contribution in [2.24, 2.45) is 5.73 Å². The number of rotatable bonds is 7. The lowest BCUT2D eigenvalue weighted by molar-refractivity contribution is 0.103. The van der Waals surface area contributed by atoms with E-state index in [1.807, 2.05) is 30.3 Å². The van der Waals surface area contributed by atoms with Gasteiger partial charge in [0.15, 0.2) is 17.3 Å². The smallest absolute Gasteiger partial charge is 0.203 e. The van der Waals surface area contributed by atoms with E-state index in [9.17, 15) is 4.79 Å². The van der Waals surface area contributed by atoms with Crippen LogP contribution in [0.5, 0.6) is 17.2 Å². The fourth-order valence-electron chi connectivity index (χ4n) is 3.96. The molecular formula is C24H26N2O5. The Balaban J connectivity index is 1.83. The maximum Gasteiger partial charge on any atom is 0.203 e. The maximum atomic E-state index is 13.7. The van der Waals surface area contributed by atoms with Crippen molar-refractivity contribution in [1.82, 2.24) is 0 Å². The van der Waals surface area contributed by atoms with E-state index in [1.165, 1.54) is 21.3 Å². The highest BCUT2D eigenvalue weighted by Crippen LogP contribution is 2.40. The molecular weight excluding hydrogens is 396 g/mol. The monoisotopic (exact) mass is 422 g/mol. The van der Waals surface area contributed by atoms with Crippen molar-refractivity contribution in [3.63, 3.8) is 0 Å². The predicted octanol–water partition coefficient (Wildman–Crippen LogP) is 3.74. The number of ketones is 1. The zero-order chi connectivity index (χ0) is 22.0. The Kier molecular flexibility index (Phi) is 5.86. The molecule has 1 aliphatic rings. The molecule has 2 heterocycles. The van der Waals surface area contributed by atoms with Crippen LogP contribution in [-0.4, -0.2) is 46.2 Å². The van der Waals surface area contributed by atoms with Gasteiger partial charge in [-0.2, -0.15) is 0 Å². The first-order chi connectivity index (χ1) is 15.0. The third-order valence-corrected chi connectivity index (χ3v) is 5.54. The summed E-state index contributed by atoms with van der Waals surface area (Å²) in [5, 5.41) is 0. The van der Waals surface area contributed by atoms with E-state index in [0.29, 0.717) is 40.7 Å². The quantitative estimate of drug-likeness (QED) is 0.580. The number of methoxy groups -OCH3 is 3. The van der Waals surface area contributed by atoms with Crippen molar-refractivity contribution in [1.29, 1.82) is 0 Å². The number of ether oxygens (including phenoxy) is 3. The van der Waals surface area contributed by atoms with Gasteiger partial charge < -0.3 is 29.3 Å². The molecule has 1 saturated heterocycles. The van der Waals surface area contributed by atoms with Gasteiger partial charge in [-0.15, -0.1) is 0 Å². The molecule has 0 radical (unpaired) electrons. The van der Waals surface area contributed by atoms with E-state index in [0.717, 1.165) is 24.2 Å². The van der Waals surface area contributed by atoms with Crippen LogP contribution in [0.4, 0.5) is 5.69 Å². The molecule has 3 aromatic rings. The number of nitrogens with zero attached hydrogens (tertiary/aromatic N) is 1. The van der Waals surface area contributed by atoms with E-state index in [1.54, 1.807) is 18.4 Å². The standard InChI is InChI=1S/C24H26N2O5/c1-28-21-12-16(13-22(29-2)24(21)30-3)23(27)18-11-15(20-5-4-10-31-20)6-7-19(18)26-9-8-17(25)14-26/h4-7,10-13,17H,8-9,14,25H2,1-3H3/t17-/m1/s1. The van der Waals surface area contributed by atoms with Crippen molar-refractivity contribution >= 4 is 11.5 Å². The van der Waals surface area contributed by atoms with Gasteiger partial charge >= 0.3 is 0 Å². The summed E-state index contributed by atoms with van der Waals surface area (Å²) in [6, 6.07) is 12.9. The number of furan rings is 1. The zero-order valence-corrected chi connectivity index (χ0v) is 17.9. The summed E-state index contributed by atoms with van der Waals surface area (Å²) in [7, 11) is 4.59. The molecule has 162 valence electrons. The van der Waals surface area contributed by atoms with E-state index in [4.69, 9.17) is 24.4 Å². The summed E-state index contributed by atoms with van der Waals surface area (Å²) in [4.78, 5) is 15.9. The predicted molar refractivity (Wildman–Crippen MR) is 118 cm³/mol. The third-order valence-electron chi connectivity index (χ3n) is 5.54. The molecule has 1 fully saturated rings. The topological polar surface area (TPSA) is 87.2 Å². The Bertz CT molecular complexity index is 1050. The molecule has 0 saturated carbocycles. The van der Waals surface area contributed by atoms with Crippen LogP contribution in [0.15, 0.2) is 53.1 Å². The normalized spacial score (nSPS) is 15.7. The Morgan fingerprint density at radius 2 is 1.81 bits per heavy atom. The fourth-order valence-corrected chi connectivity index (χ4v) is 3.96. The molecule has 7 nitrogen and oxygen atoms in total. The van der Waals surface area contributed by atoms with Crippen LogP contribution in [0.1, 0.15) is 22.3 Å². The summed E-state index contributed by atoms with van der Waals surface area (Å²) >= 11 is 0. The highest BCUT2D eigenvalue weighted by molar-refractivity contribution is 6.13. The van der Waals surface area contributed by atoms with Crippen molar-refractivity contribution in [3.05, 3.63) is 59.9 Å². The van der Waals surface area contributed by atoms with Gasteiger partial charge in [-0.05, 0) is 48.9 Å². The molecule has 0 amide bonds. The summed E-state index contributed by atoms with van der Waals surface area (Å²) in [6.45, 7) is 1.51. The number of carbonyl (C=O) groups is 1. The Morgan fingerprint density at radius 3 is 2.35 bits per heavy atom. The third kappa shape index (κ3) is 3.96. The summed E-state index contributed by atoms with van der Waals surface area (Å²) in [6.07, 6.45) is 2.50. The Labute approximate surface area is 181 Å². The largest absolute Gasteiger partial charge is 0.493 e. The first-order valence-electron chi connectivity index (χ1n) is 10.1. The number of hydrogen-bond acceptors (Lipinski definition) is 7. The molecule has 0 unspecified atom stereocenters. The van der Waals surface area contributed by atoms with Gasteiger partial charge in [-0.3, -0.25) is 4.79 Å². The van der Waals surface area contributed by atoms with E-state index in [-0.39, 0.29) is 11.8 Å². The molecule has 31 heavy (non-hydrogen) atoms. The number of hydrogen-bond donors (Lipinski definition) is 1. The van der Waals surface area contributed by atoms with Crippen LogP contribution < -0.4 is 24.8 Å². The number of carbonyl (C=O) groups excluding carboxylic acids is 1. The minimum Gasteiger partial charge on any atom is -0.493 e. The first-order valence-corrected chi connectivity index (χ1v) is 10.1. The van der Waals surface area contributed by atoms with Crippen LogP contribution in [0, 0.1) is 0 Å². The van der Waals surface area contributed by atoms with E-state index >= 15 is 0 Å². The number of benzene rings is 2. The molecule has 0 bridgehead atoms. The Hall–Kier alpha value is -3.45. The second kappa shape index (κ2) is 8.73. The van der Waals surface area contributed by atoms with Gasteiger partial charge in [0.05, 0.1) is 27.6 Å². The molecule has 1 aromatic heterocycles. The van der Waals surface area contributed by atoms with Gasteiger partial charge in [0.25, 0.3) is 0 Å². The van der Waals surface area contributed by atoms with E-state index in [2.05, 4.69) is 4.90 Å². The number of anilines is 1. The van der Waals surface area contributed by atoms with Crippen LogP contribution in [0.3, 0.4) is 0 Å². The van der Waals surface area contributed by atoms with Crippen molar-refractivity contribution in [2.45, 2.75) is 12.5 Å². The van der Waals surface area contributed by atoms with Crippen LogP contribution >= 0.6 is 0 Å². The minimum atomic E-state index is -0.150. The van der Waals surface area contributed by atoms with Crippen LogP contribution in [-0.2, 0) is 0 Å². The molecule has 0 spiro atoms. The SMILES string of the molecule is COc1cc(C(=O)c2cc(-c3ccco3)ccc2N2CC[C@@H](N)C2)cc(OC)c1OC. The minimum absolute atomic E-state index is 0.0916. The summed E-state index contributed by atoms with van der Waals surface area (Å²) in [5.41, 5.74) is 8.81. The van der Waals surface area contributed by atoms with Gasteiger partial charge in [0, 0.05) is 41.5 Å². The van der Waals surface area contributed by atoms with Crippen LogP contribution in [0.25, 0.3) is 11.3 Å². The van der Waals surface area contributed by atoms with Crippen molar-refractivity contribution < 1.29 is 23.4 Å². The fraction of sp³-hybridized carbons (Fsp3) is 0.292. The number of nitrogens with two attached hydrogens (primary N) is 1. The second-order valence-corrected chi connectivity index (χ2v) is 7.45. The van der Waals surface area contributed by atoms with Gasteiger partial charge in [0.1, 0.15) is 5.76 Å². The molecule has 0 aliphatic carbocycles. The molecule has 1 aliphatic heterocycles. The van der Waals surface area contributed by atoms with Crippen molar-refractivity contribution in [2.75, 3.05) is 39.3 Å². The van der Waals surface area contributed by atoms with Gasteiger partial charge in [-0.25, -0.2) is 0 Å². The highest BCUT2D eigenvalue weighted by Gasteiger charge is 2.26. The highest BCUT2D eigenvalue weighted by atomic mass is 16.5. The lowest BCUT2D eigenvalue weighted by atomic mass is 9.97. The molecule has 2 N–H and O–H groups in total. The zero-order valence-electron chi connectivity index (χ0n) is 17.9. The average Bonchev–Trinajstić information content (AvgIpc) is 3.49. The maximum absolute atomic E-state index is 13.7. The summed E-state index contributed by atoms with van der Waals surface area (Å²) in [5.74, 6) is 1.85. The molecule has 1 atom stereocenters. The van der Waals surface area contributed by atoms with Gasteiger partial charge in [0.2, 0.25) is 5.75 Å². The Morgan fingerprint density at radius 1 is 1.06 bits per heavy atom. The first kappa shape index (κ1) is 20.8. The van der Waals surface area contributed by atoms with E-state index < -0.39 is 0 Å².